The molecule has 1 aliphatic rings. The third-order valence-electron chi connectivity index (χ3n) is 5.81. The van der Waals surface area contributed by atoms with Crippen molar-refractivity contribution < 1.29 is 14.3 Å². The van der Waals surface area contributed by atoms with E-state index in [1.165, 1.54) is 0 Å². The number of hydrogen-bond donors (Lipinski definition) is 2. The van der Waals surface area contributed by atoms with Crippen LogP contribution in [-0.2, 0) is 6.61 Å². The number of carbonyl (C=O) groups is 1. The number of aliphatic hydroxyl groups excluding tert-OH is 1. The van der Waals surface area contributed by atoms with Gasteiger partial charge in [0.05, 0.1) is 36.7 Å². The number of fused-ring (bicyclic) bond motifs is 1. The van der Waals surface area contributed by atoms with Crippen molar-refractivity contribution in [1.29, 1.82) is 0 Å². The summed E-state index contributed by atoms with van der Waals surface area (Å²) in [7, 11) is 0. The van der Waals surface area contributed by atoms with Gasteiger partial charge >= 0.3 is 0 Å². The molecular weight excluding hydrogens is 406 g/mol. The van der Waals surface area contributed by atoms with Gasteiger partial charge in [-0.25, -0.2) is 4.98 Å². The largest absolute Gasteiger partial charge is 0.464 e. The summed E-state index contributed by atoms with van der Waals surface area (Å²) in [5.74, 6) is 0.723. The zero-order chi connectivity index (χ0) is 21.9. The van der Waals surface area contributed by atoms with E-state index in [1.807, 2.05) is 36.4 Å². The Kier molecular flexibility index (Phi) is 5.51. The molecule has 1 saturated heterocycles. The van der Waals surface area contributed by atoms with Crippen LogP contribution in [0.4, 0.5) is 5.82 Å². The number of hydrogen-bond acceptors (Lipinski definition) is 7. The van der Waals surface area contributed by atoms with Gasteiger partial charge in [-0.05, 0) is 37.1 Å². The minimum Gasteiger partial charge on any atom is -0.464 e. The van der Waals surface area contributed by atoms with E-state index in [0.29, 0.717) is 11.3 Å². The lowest BCUT2D eigenvalue weighted by Crippen LogP contribution is -2.45. The molecule has 32 heavy (non-hydrogen) atoms. The van der Waals surface area contributed by atoms with Crippen molar-refractivity contribution in [3.63, 3.8) is 0 Å². The predicted octanol–water partition coefficient (Wildman–Crippen LogP) is 3.18. The van der Waals surface area contributed by atoms with Gasteiger partial charge in [0.1, 0.15) is 11.4 Å². The second-order valence-corrected chi connectivity index (χ2v) is 7.83. The summed E-state index contributed by atoms with van der Waals surface area (Å²) in [6, 6.07) is 11.4. The molecule has 0 saturated carbocycles. The van der Waals surface area contributed by atoms with Gasteiger partial charge in [0.2, 0.25) is 0 Å². The number of rotatable bonds is 5. The maximum atomic E-state index is 12.8. The van der Waals surface area contributed by atoms with Gasteiger partial charge < -0.3 is 19.7 Å². The Morgan fingerprint density at radius 2 is 1.88 bits per heavy atom. The molecule has 1 aromatic carbocycles. The van der Waals surface area contributed by atoms with Gasteiger partial charge in [-0.2, -0.15) is 0 Å². The van der Waals surface area contributed by atoms with Crippen LogP contribution in [0.2, 0.25) is 0 Å². The van der Waals surface area contributed by atoms with E-state index in [0.717, 1.165) is 54.0 Å². The topological polar surface area (TPSA) is 104 Å². The van der Waals surface area contributed by atoms with Gasteiger partial charge in [0, 0.05) is 41.8 Å². The number of pyridine rings is 1. The van der Waals surface area contributed by atoms with E-state index in [1.54, 1.807) is 24.9 Å². The Hall–Kier alpha value is -3.78. The fourth-order valence-corrected chi connectivity index (χ4v) is 4.02. The number of furan rings is 1. The van der Waals surface area contributed by atoms with Crippen LogP contribution in [0.25, 0.3) is 22.2 Å². The number of anilines is 1. The summed E-state index contributed by atoms with van der Waals surface area (Å²) in [5, 5.41) is 13.2. The molecule has 162 valence electrons. The van der Waals surface area contributed by atoms with Gasteiger partial charge in [-0.3, -0.25) is 14.8 Å². The molecule has 0 spiro atoms. The molecule has 1 amide bonds. The van der Waals surface area contributed by atoms with Crippen molar-refractivity contribution in [2.45, 2.75) is 25.5 Å². The molecule has 3 aromatic heterocycles. The van der Waals surface area contributed by atoms with Crippen LogP contribution in [0.3, 0.4) is 0 Å². The number of nitrogens with zero attached hydrogens (tertiary/aromatic N) is 4. The summed E-state index contributed by atoms with van der Waals surface area (Å²) < 4.78 is 5.45. The fraction of sp³-hybridized carbons (Fsp3) is 0.250. The lowest BCUT2D eigenvalue weighted by atomic mass is 10.0. The zero-order valence-corrected chi connectivity index (χ0v) is 17.4. The van der Waals surface area contributed by atoms with Crippen LogP contribution in [0.1, 0.15) is 28.9 Å². The quantitative estimate of drug-likeness (QED) is 0.502. The molecule has 0 unspecified atom stereocenters. The average Bonchev–Trinajstić information content (AvgIpc) is 3.34. The second kappa shape index (κ2) is 8.76. The van der Waals surface area contributed by atoms with E-state index in [9.17, 15) is 4.79 Å². The molecule has 0 atom stereocenters. The van der Waals surface area contributed by atoms with Crippen LogP contribution in [0.15, 0.2) is 65.7 Å². The Morgan fingerprint density at radius 1 is 1.06 bits per heavy atom. The molecule has 0 aliphatic carbocycles. The summed E-state index contributed by atoms with van der Waals surface area (Å²) in [6.07, 6.45) is 8.32. The van der Waals surface area contributed by atoms with E-state index < -0.39 is 0 Å². The lowest BCUT2D eigenvalue weighted by molar-refractivity contribution is 0.0931. The van der Waals surface area contributed by atoms with E-state index in [-0.39, 0.29) is 18.6 Å². The maximum absolute atomic E-state index is 12.8. The number of aliphatic hydroxyl groups is 1. The van der Waals surface area contributed by atoms with E-state index in [2.05, 4.69) is 25.2 Å². The first-order chi connectivity index (χ1) is 15.7. The molecule has 1 aliphatic heterocycles. The normalized spacial score (nSPS) is 14.6. The monoisotopic (exact) mass is 429 g/mol. The Bertz CT molecular complexity index is 1210. The summed E-state index contributed by atoms with van der Waals surface area (Å²) >= 11 is 0. The number of carbonyl (C=O) groups excluding carboxylic acids is 1. The SMILES string of the molecule is O=C(NC1CCN(c2cnc(CO)cn2)CC1)c1ccc(-c2nccc3occc23)cc1. The molecule has 0 bridgehead atoms. The third-order valence-corrected chi connectivity index (χ3v) is 5.81. The van der Waals surface area contributed by atoms with Crippen molar-refractivity contribution in [1.82, 2.24) is 20.3 Å². The fourth-order valence-electron chi connectivity index (χ4n) is 4.02. The smallest absolute Gasteiger partial charge is 0.251 e. The molecule has 0 radical (unpaired) electrons. The summed E-state index contributed by atoms with van der Waals surface area (Å²) in [4.78, 5) is 27.9. The van der Waals surface area contributed by atoms with Crippen LogP contribution in [0.5, 0.6) is 0 Å². The highest BCUT2D eigenvalue weighted by Gasteiger charge is 2.22. The standard InChI is InChI=1S/C24H23N5O3/c30-15-19-13-27-22(14-26-19)29-10-6-18(7-11-29)28-24(31)17-3-1-16(2-4-17)23-20-8-12-32-21(20)5-9-25-23/h1-5,8-9,12-14,18,30H,6-7,10-11,15H2,(H,28,31). The minimum atomic E-state index is -0.113. The zero-order valence-electron chi connectivity index (χ0n) is 17.4. The number of benzene rings is 1. The lowest BCUT2D eigenvalue weighted by Gasteiger charge is -2.33. The van der Waals surface area contributed by atoms with Crippen LogP contribution in [-0.4, -0.2) is 45.1 Å². The van der Waals surface area contributed by atoms with Crippen molar-refractivity contribution in [3.05, 3.63) is 72.5 Å². The maximum Gasteiger partial charge on any atom is 0.251 e. The Balaban J connectivity index is 1.20. The molecule has 1 fully saturated rings. The first kappa shape index (κ1) is 20.1. The van der Waals surface area contributed by atoms with Gasteiger partial charge in [0.25, 0.3) is 5.91 Å². The van der Waals surface area contributed by atoms with Gasteiger partial charge in [0.15, 0.2) is 0 Å². The first-order valence-electron chi connectivity index (χ1n) is 10.6. The van der Waals surface area contributed by atoms with Crippen molar-refractivity contribution in [3.8, 4) is 11.3 Å². The van der Waals surface area contributed by atoms with Crippen LogP contribution >= 0.6 is 0 Å². The van der Waals surface area contributed by atoms with Crippen molar-refractivity contribution in [2.75, 3.05) is 18.0 Å². The Labute approximate surface area is 184 Å². The summed E-state index contributed by atoms with van der Waals surface area (Å²) in [5.41, 5.74) is 3.75. The number of nitrogens with one attached hydrogen (secondary N) is 1. The highest BCUT2D eigenvalue weighted by Crippen LogP contribution is 2.27. The van der Waals surface area contributed by atoms with E-state index >= 15 is 0 Å². The highest BCUT2D eigenvalue weighted by molar-refractivity contribution is 5.96. The average molecular weight is 429 g/mol. The predicted molar refractivity (Wildman–Crippen MR) is 120 cm³/mol. The molecule has 4 heterocycles. The van der Waals surface area contributed by atoms with Crippen LogP contribution < -0.4 is 10.2 Å². The molecule has 8 heteroatoms. The highest BCUT2D eigenvalue weighted by atomic mass is 16.3. The Morgan fingerprint density at radius 3 is 2.59 bits per heavy atom. The third kappa shape index (κ3) is 4.04. The van der Waals surface area contributed by atoms with Crippen LogP contribution in [0, 0.1) is 0 Å². The van der Waals surface area contributed by atoms with E-state index in [4.69, 9.17) is 9.52 Å². The van der Waals surface area contributed by atoms with Gasteiger partial charge in [-0.1, -0.05) is 12.1 Å². The molecule has 2 N–H and O–H groups in total. The minimum absolute atomic E-state index is 0.0726. The molecule has 4 aromatic rings. The number of aromatic nitrogens is 3. The van der Waals surface area contributed by atoms with Crippen molar-refractivity contribution in [2.24, 2.45) is 0 Å². The molecular formula is C24H23N5O3. The number of amides is 1. The first-order valence-corrected chi connectivity index (χ1v) is 10.6. The second-order valence-electron chi connectivity index (χ2n) is 7.83. The molecule has 5 rings (SSSR count). The van der Waals surface area contributed by atoms with Crippen molar-refractivity contribution >= 4 is 22.7 Å². The molecule has 8 nitrogen and oxygen atoms in total. The summed E-state index contributed by atoms with van der Waals surface area (Å²) in [6.45, 7) is 1.46. The van der Waals surface area contributed by atoms with Gasteiger partial charge in [-0.15, -0.1) is 0 Å². The number of piperidine rings is 1.